The lowest BCUT2D eigenvalue weighted by Gasteiger charge is -2.16. The van der Waals surface area contributed by atoms with Gasteiger partial charge in [0.2, 0.25) is 0 Å². The molecule has 94 valence electrons. The zero-order chi connectivity index (χ0) is 12.8. The third kappa shape index (κ3) is 4.03. The molecule has 0 radical (unpaired) electrons. The Labute approximate surface area is 102 Å². The minimum atomic E-state index is -0.154. The number of carbonyl (C=O) groups excluding carboxylic acids is 1. The van der Waals surface area contributed by atoms with Gasteiger partial charge in [-0.05, 0) is 25.3 Å². The molecule has 1 rings (SSSR count). The maximum atomic E-state index is 12.0. The number of aromatic nitrogens is 1. The van der Waals surface area contributed by atoms with Gasteiger partial charge >= 0.3 is 0 Å². The Kier molecular flexibility index (Phi) is 4.90. The second-order valence-electron chi connectivity index (χ2n) is 4.57. The average molecular weight is 236 g/mol. The maximum absolute atomic E-state index is 12.0. The van der Waals surface area contributed by atoms with Crippen LogP contribution in [0.3, 0.4) is 0 Å². The first-order valence-corrected chi connectivity index (χ1v) is 5.76. The number of nitrogens with zero attached hydrogens (tertiary/aromatic N) is 1. The predicted octanol–water partition coefficient (Wildman–Crippen LogP) is 1.53. The Bertz CT molecular complexity index is 379. The van der Waals surface area contributed by atoms with Crippen LogP contribution in [0.4, 0.5) is 5.69 Å². The molecule has 5 nitrogen and oxygen atoms in total. The fourth-order valence-electron chi connectivity index (χ4n) is 1.77. The van der Waals surface area contributed by atoms with E-state index in [9.17, 15) is 4.79 Å². The van der Waals surface area contributed by atoms with Crippen LogP contribution in [0.25, 0.3) is 0 Å². The Morgan fingerprint density at radius 2 is 2.18 bits per heavy atom. The van der Waals surface area contributed by atoms with Crippen molar-refractivity contribution in [1.82, 2.24) is 10.3 Å². The summed E-state index contributed by atoms with van der Waals surface area (Å²) in [5, 5.41) is 2.93. The van der Waals surface area contributed by atoms with Crippen LogP contribution in [-0.4, -0.2) is 16.9 Å². The molecule has 0 spiro atoms. The van der Waals surface area contributed by atoms with Crippen LogP contribution < -0.4 is 16.6 Å². The van der Waals surface area contributed by atoms with E-state index in [1.54, 1.807) is 12.3 Å². The fraction of sp³-hybridized carbons (Fsp3) is 0.500. The molecule has 1 unspecified atom stereocenters. The molecule has 17 heavy (non-hydrogen) atoms. The lowest BCUT2D eigenvalue weighted by atomic mass is 10.0. The number of anilines is 1. The number of nitrogens with one attached hydrogen (secondary N) is 2. The highest BCUT2D eigenvalue weighted by Gasteiger charge is 2.14. The van der Waals surface area contributed by atoms with Gasteiger partial charge < -0.3 is 10.7 Å². The predicted molar refractivity (Wildman–Crippen MR) is 68.4 cm³/mol. The molecule has 0 aliphatic rings. The van der Waals surface area contributed by atoms with Crippen LogP contribution >= 0.6 is 0 Å². The molecule has 1 aromatic heterocycles. The number of amides is 1. The summed E-state index contributed by atoms with van der Waals surface area (Å²) in [6, 6.07) is 1.80. The molecular weight excluding hydrogens is 216 g/mol. The van der Waals surface area contributed by atoms with Crippen molar-refractivity contribution < 1.29 is 4.79 Å². The average Bonchev–Trinajstić information content (AvgIpc) is 2.27. The van der Waals surface area contributed by atoms with E-state index in [2.05, 4.69) is 29.6 Å². The second kappa shape index (κ2) is 6.20. The van der Waals surface area contributed by atoms with Crippen LogP contribution in [0.15, 0.2) is 18.5 Å². The summed E-state index contributed by atoms with van der Waals surface area (Å²) >= 11 is 0. The standard InChI is InChI=1S/C12H20N4O/c1-8(2)6-9(3)15-12(17)10-7-14-5-4-11(10)16-13/h4-5,7-9H,6,13H2,1-3H3,(H,14,16)(H,15,17). The van der Waals surface area contributed by atoms with E-state index in [-0.39, 0.29) is 11.9 Å². The molecule has 1 aromatic rings. The van der Waals surface area contributed by atoms with Gasteiger partial charge in [-0.25, -0.2) is 0 Å². The Hall–Kier alpha value is -1.62. The number of hydrogen-bond donors (Lipinski definition) is 3. The zero-order valence-corrected chi connectivity index (χ0v) is 10.5. The highest BCUT2D eigenvalue weighted by Crippen LogP contribution is 2.12. The van der Waals surface area contributed by atoms with Crippen LogP contribution in [0.1, 0.15) is 37.6 Å². The largest absolute Gasteiger partial charge is 0.349 e. The lowest BCUT2D eigenvalue weighted by Crippen LogP contribution is -2.34. The number of hydrazine groups is 1. The van der Waals surface area contributed by atoms with Crippen molar-refractivity contribution in [1.29, 1.82) is 0 Å². The minimum absolute atomic E-state index is 0.133. The molecule has 5 heteroatoms. The third-order valence-electron chi connectivity index (χ3n) is 2.42. The SMILES string of the molecule is CC(C)CC(C)NC(=O)c1cnccc1NN. The molecule has 4 N–H and O–H groups in total. The molecule has 1 amide bonds. The summed E-state index contributed by atoms with van der Waals surface area (Å²) in [5.74, 6) is 5.74. The Morgan fingerprint density at radius 1 is 1.47 bits per heavy atom. The number of rotatable bonds is 5. The summed E-state index contributed by atoms with van der Waals surface area (Å²) in [4.78, 5) is 15.9. The minimum Gasteiger partial charge on any atom is -0.349 e. The molecule has 0 saturated carbocycles. The molecule has 0 saturated heterocycles. The first-order valence-electron chi connectivity index (χ1n) is 5.76. The van der Waals surface area contributed by atoms with E-state index < -0.39 is 0 Å². The van der Waals surface area contributed by atoms with E-state index >= 15 is 0 Å². The van der Waals surface area contributed by atoms with Crippen LogP contribution in [0, 0.1) is 5.92 Å². The summed E-state index contributed by atoms with van der Waals surface area (Å²) < 4.78 is 0. The van der Waals surface area contributed by atoms with Crippen LogP contribution in [-0.2, 0) is 0 Å². The van der Waals surface area contributed by atoms with Crippen molar-refractivity contribution >= 4 is 11.6 Å². The van der Waals surface area contributed by atoms with Crippen molar-refractivity contribution in [2.75, 3.05) is 5.43 Å². The highest BCUT2D eigenvalue weighted by molar-refractivity contribution is 5.99. The number of carbonyl (C=O) groups is 1. The van der Waals surface area contributed by atoms with E-state index in [0.29, 0.717) is 17.2 Å². The van der Waals surface area contributed by atoms with Crippen LogP contribution in [0.5, 0.6) is 0 Å². The van der Waals surface area contributed by atoms with Gasteiger partial charge in [0.25, 0.3) is 5.91 Å². The molecular formula is C12H20N4O. The number of pyridine rings is 1. The first kappa shape index (κ1) is 13.4. The van der Waals surface area contributed by atoms with Crippen molar-refractivity contribution in [2.45, 2.75) is 33.2 Å². The lowest BCUT2D eigenvalue weighted by molar-refractivity contribution is 0.0936. The summed E-state index contributed by atoms with van der Waals surface area (Å²) in [6.07, 6.45) is 4.04. The van der Waals surface area contributed by atoms with E-state index in [1.165, 1.54) is 6.20 Å². The monoisotopic (exact) mass is 236 g/mol. The van der Waals surface area contributed by atoms with Gasteiger partial charge in [-0.3, -0.25) is 15.6 Å². The van der Waals surface area contributed by atoms with E-state index in [0.717, 1.165) is 6.42 Å². The van der Waals surface area contributed by atoms with E-state index in [1.807, 2.05) is 6.92 Å². The van der Waals surface area contributed by atoms with Gasteiger partial charge in [0, 0.05) is 18.4 Å². The van der Waals surface area contributed by atoms with Crippen molar-refractivity contribution in [3.05, 3.63) is 24.0 Å². The molecule has 0 aliphatic carbocycles. The zero-order valence-electron chi connectivity index (χ0n) is 10.5. The molecule has 0 fully saturated rings. The summed E-state index contributed by atoms with van der Waals surface area (Å²) in [7, 11) is 0. The van der Waals surface area contributed by atoms with Crippen molar-refractivity contribution in [3.63, 3.8) is 0 Å². The van der Waals surface area contributed by atoms with Crippen LogP contribution in [0.2, 0.25) is 0 Å². The normalized spacial score (nSPS) is 12.3. The maximum Gasteiger partial charge on any atom is 0.255 e. The quantitative estimate of drug-likeness (QED) is 0.535. The first-order chi connectivity index (χ1) is 8.04. The molecule has 1 atom stereocenters. The fourth-order valence-corrected chi connectivity index (χ4v) is 1.77. The molecule has 0 bridgehead atoms. The molecule has 1 heterocycles. The third-order valence-corrected chi connectivity index (χ3v) is 2.42. The summed E-state index contributed by atoms with van der Waals surface area (Å²) in [5.41, 5.74) is 3.53. The Balaban J connectivity index is 2.69. The smallest absolute Gasteiger partial charge is 0.255 e. The summed E-state index contributed by atoms with van der Waals surface area (Å²) in [6.45, 7) is 6.24. The number of nitrogens with two attached hydrogens (primary N) is 1. The van der Waals surface area contributed by atoms with Gasteiger partial charge in [-0.1, -0.05) is 13.8 Å². The van der Waals surface area contributed by atoms with Gasteiger partial charge in [-0.15, -0.1) is 0 Å². The molecule has 0 aliphatic heterocycles. The number of nitrogen functional groups attached to an aromatic ring is 1. The number of hydrogen-bond acceptors (Lipinski definition) is 4. The van der Waals surface area contributed by atoms with Gasteiger partial charge in [-0.2, -0.15) is 0 Å². The second-order valence-corrected chi connectivity index (χ2v) is 4.57. The molecule has 0 aromatic carbocycles. The van der Waals surface area contributed by atoms with E-state index in [4.69, 9.17) is 5.84 Å². The van der Waals surface area contributed by atoms with Crippen molar-refractivity contribution in [2.24, 2.45) is 11.8 Å². The highest BCUT2D eigenvalue weighted by atomic mass is 16.1. The topological polar surface area (TPSA) is 80.0 Å². The van der Waals surface area contributed by atoms with Gasteiger partial charge in [0.05, 0.1) is 11.3 Å². The van der Waals surface area contributed by atoms with Gasteiger partial charge in [0.1, 0.15) is 0 Å². The Morgan fingerprint density at radius 3 is 2.76 bits per heavy atom. The van der Waals surface area contributed by atoms with Crippen molar-refractivity contribution in [3.8, 4) is 0 Å². The van der Waals surface area contributed by atoms with Gasteiger partial charge in [0.15, 0.2) is 0 Å².